The van der Waals surface area contributed by atoms with Crippen molar-refractivity contribution in [2.75, 3.05) is 5.32 Å². The maximum Gasteiger partial charge on any atom is 0.417 e. The van der Waals surface area contributed by atoms with Crippen molar-refractivity contribution in [3.8, 4) is 11.5 Å². The Hall–Kier alpha value is -4.48. The van der Waals surface area contributed by atoms with Gasteiger partial charge in [-0.1, -0.05) is 6.07 Å². The lowest BCUT2D eigenvalue weighted by molar-refractivity contribution is -0.384. The fourth-order valence-corrected chi connectivity index (χ4v) is 4.20. The van der Waals surface area contributed by atoms with Gasteiger partial charge in [-0.2, -0.15) is 18.3 Å². The Kier molecular flexibility index (Phi) is 6.83. The standard InChI is InChI=1S/C26H24F3N5O4/c1-13-6-14(2)16(4)22(7-13)38-20-10-18(9-19(11-20)34(36)37)31-23(35)12-33-25-24(17(5)32-33)21(26(27,28)29)8-15(3)30-25/h6-11H,12H2,1-5H3,(H,31,35). The van der Waals surface area contributed by atoms with Crippen molar-refractivity contribution in [2.24, 2.45) is 0 Å². The number of halogens is 3. The molecule has 0 spiro atoms. The van der Waals surface area contributed by atoms with Crippen molar-refractivity contribution in [3.05, 3.63) is 80.2 Å². The molecule has 0 saturated heterocycles. The summed E-state index contributed by atoms with van der Waals surface area (Å²) in [6.07, 6.45) is -4.62. The molecule has 0 atom stereocenters. The second-order valence-corrected chi connectivity index (χ2v) is 9.08. The maximum atomic E-state index is 13.6. The molecule has 0 aliphatic carbocycles. The molecule has 0 radical (unpaired) electrons. The van der Waals surface area contributed by atoms with E-state index in [0.717, 1.165) is 33.5 Å². The Morgan fingerprint density at radius 1 is 1.08 bits per heavy atom. The first-order valence-electron chi connectivity index (χ1n) is 11.5. The summed E-state index contributed by atoms with van der Waals surface area (Å²) in [6, 6.07) is 8.55. The van der Waals surface area contributed by atoms with Crippen LogP contribution in [0.2, 0.25) is 0 Å². The Morgan fingerprint density at radius 2 is 1.79 bits per heavy atom. The van der Waals surface area contributed by atoms with E-state index in [9.17, 15) is 28.1 Å². The number of rotatable bonds is 6. The molecule has 0 unspecified atom stereocenters. The van der Waals surface area contributed by atoms with Crippen molar-refractivity contribution in [1.29, 1.82) is 0 Å². The molecular formula is C26H24F3N5O4. The summed E-state index contributed by atoms with van der Waals surface area (Å²) in [4.78, 5) is 27.9. The highest BCUT2D eigenvalue weighted by Crippen LogP contribution is 2.36. The van der Waals surface area contributed by atoms with Gasteiger partial charge in [0.25, 0.3) is 5.69 Å². The van der Waals surface area contributed by atoms with Gasteiger partial charge in [0, 0.05) is 17.8 Å². The SMILES string of the molecule is Cc1cc(C)c(C)c(Oc2cc(NC(=O)Cn3nc(C)c4c(C(F)(F)F)cc(C)nc43)cc([N+](=O)[O-])c2)c1. The summed E-state index contributed by atoms with van der Waals surface area (Å²) < 4.78 is 47.8. The molecule has 9 nitrogen and oxygen atoms in total. The number of carbonyl (C=O) groups is 1. The van der Waals surface area contributed by atoms with Crippen molar-refractivity contribution in [1.82, 2.24) is 14.8 Å². The van der Waals surface area contributed by atoms with Crippen molar-refractivity contribution < 1.29 is 27.6 Å². The number of nitro groups is 1. The van der Waals surface area contributed by atoms with Gasteiger partial charge in [-0.3, -0.25) is 14.9 Å². The molecule has 0 bridgehead atoms. The monoisotopic (exact) mass is 527 g/mol. The number of non-ortho nitro benzene ring substituents is 1. The van der Waals surface area contributed by atoms with Crippen LogP contribution in [-0.2, 0) is 17.5 Å². The van der Waals surface area contributed by atoms with Gasteiger partial charge in [-0.15, -0.1) is 0 Å². The first-order valence-corrected chi connectivity index (χ1v) is 11.5. The minimum atomic E-state index is -4.62. The van der Waals surface area contributed by atoms with E-state index in [0.29, 0.717) is 5.75 Å². The third-order valence-electron chi connectivity index (χ3n) is 5.98. The van der Waals surface area contributed by atoms with E-state index in [2.05, 4.69) is 15.4 Å². The molecule has 0 aliphatic heterocycles. The number of nitro benzene ring substituents is 1. The molecule has 38 heavy (non-hydrogen) atoms. The number of nitrogens with zero attached hydrogens (tertiary/aromatic N) is 4. The van der Waals surface area contributed by atoms with E-state index in [1.54, 1.807) is 6.07 Å². The largest absolute Gasteiger partial charge is 0.457 e. The molecule has 2 aromatic heterocycles. The number of hydrogen-bond donors (Lipinski definition) is 1. The minimum Gasteiger partial charge on any atom is -0.457 e. The third-order valence-corrected chi connectivity index (χ3v) is 5.98. The van der Waals surface area contributed by atoms with Crippen LogP contribution >= 0.6 is 0 Å². The lowest BCUT2D eigenvalue weighted by Gasteiger charge is -2.13. The zero-order valence-corrected chi connectivity index (χ0v) is 21.2. The van der Waals surface area contributed by atoms with Gasteiger partial charge in [0.15, 0.2) is 5.65 Å². The van der Waals surface area contributed by atoms with E-state index in [4.69, 9.17) is 4.74 Å². The van der Waals surface area contributed by atoms with Crippen LogP contribution in [0.3, 0.4) is 0 Å². The smallest absolute Gasteiger partial charge is 0.417 e. The molecule has 1 N–H and O–H groups in total. The second kappa shape index (κ2) is 9.77. The van der Waals surface area contributed by atoms with Gasteiger partial charge in [0.05, 0.1) is 33.3 Å². The number of pyridine rings is 1. The maximum absolute atomic E-state index is 13.6. The molecule has 2 heterocycles. The Morgan fingerprint density at radius 3 is 2.45 bits per heavy atom. The van der Waals surface area contributed by atoms with Crippen molar-refractivity contribution in [2.45, 2.75) is 47.3 Å². The number of aryl methyl sites for hydroxylation is 4. The summed E-state index contributed by atoms with van der Waals surface area (Å²) in [5.74, 6) is -0.0175. The number of anilines is 1. The molecule has 2 aromatic carbocycles. The number of ether oxygens (including phenoxy) is 1. The lowest BCUT2D eigenvalue weighted by Crippen LogP contribution is -2.20. The van der Waals surface area contributed by atoms with E-state index in [1.165, 1.54) is 26.0 Å². The van der Waals surface area contributed by atoms with Gasteiger partial charge in [0.2, 0.25) is 5.91 Å². The summed E-state index contributed by atoms with van der Waals surface area (Å²) in [5.41, 5.74) is 1.77. The average molecular weight is 528 g/mol. The number of carbonyl (C=O) groups excluding carboxylic acids is 1. The minimum absolute atomic E-state index is 0.0717. The highest BCUT2D eigenvalue weighted by molar-refractivity contribution is 5.92. The quantitative estimate of drug-likeness (QED) is 0.232. The lowest BCUT2D eigenvalue weighted by atomic mass is 10.1. The van der Waals surface area contributed by atoms with Crippen LogP contribution < -0.4 is 10.1 Å². The molecule has 1 amide bonds. The van der Waals surface area contributed by atoms with E-state index in [-0.39, 0.29) is 39.5 Å². The zero-order chi connectivity index (χ0) is 27.9. The normalized spacial score (nSPS) is 11.6. The molecule has 4 rings (SSSR count). The molecule has 198 valence electrons. The number of aromatic nitrogens is 3. The third kappa shape index (κ3) is 5.43. The van der Waals surface area contributed by atoms with Crippen LogP contribution in [0.1, 0.15) is 33.6 Å². The predicted molar refractivity (Wildman–Crippen MR) is 134 cm³/mol. The van der Waals surface area contributed by atoms with Crippen LogP contribution in [0, 0.1) is 44.7 Å². The number of benzene rings is 2. The van der Waals surface area contributed by atoms with Crippen LogP contribution in [0.5, 0.6) is 11.5 Å². The molecule has 12 heteroatoms. The molecule has 0 saturated carbocycles. The summed E-state index contributed by atoms with van der Waals surface area (Å²) in [7, 11) is 0. The zero-order valence-electron chi connectivity index (χ0n) is 21.2. The summed E-state index contributed by atoms with van der Waals surface area (Å²) in [6.45, 7) is 8.04. The molecule has 0 fully saturated rings. The van der Waals surface area contributed by atoms with Crippen LogP contribution in [0.25, 0.3) is 11.0 Å². The Balaban J connectivity index is 1.64. The van der Waals surface area contributed by atoms with Gasteiger partial charge < -0.3 is 10.1 Å². The average Bonchev–Trinajstić information content (AvgIpc) is 3.10. The highest BCUT2D eigenvalue weighted by Gasteiger charge is 2.35. The van der Waals surface area contributed by atoms with Gasteiger partial charge >= 0.3 is 6.18 Å². The van der Waals surface area contributed by atoms with Gasteiger partial charge in [-0.25, -0.2) is 9.67 Å². The summed E-state index contributed by atoms with van der Waals surface area (Å²) >= 11 is 0. The van der Waals surface area contributed by atoms with E-state index >= 15 is 0 Å². The molecular weight excluding hydrogens is 503 g/mol. The number of fused-ring (bicyclic) bond motifs is 1. The molecule has 0 aliphatic rings. The fourth-order valence-electron chi connectivity index (χ4n) is 4.20. The van der Waals surface area contributed by atoms with E-state index < -0.39 is 29.1 Å². The van der Waals surface area contributed by atoms with Gasteiger partial charge in [0.1, 0.15) is 18.0 Å². The number of hydrogen-bond acceptors (Lipinski definition) is 6. The fraction of sp³-hybridized carbons (Fsp3) is 0.269. The Labute approximate surface area is 215 Å². The number of nitrogens with one attached hydrogen (secondary N) is 1. The summed E-state index contributed by atoms with van der Waals surface area (Å²) in [5, 5.41) is 18.0. The highest BCUT2D eigenvalue weighted by atomic mass is 19.4. The number of amides is 1. The first-order chi connectivity index (χ1) is 17.7. The second-order valence-electron chi connectivity index (χ2n) is 9.08. The van der Waals surface area contributed by atoms with Crippen LogP contribution in [0.15, 0.2) is 36.4 Å². The topological polar surface area (TPSA) is 112 Å². The predicted octanol–water partition coefficient (Wildman–Crippen LogP) is 6.33. The van der Waals surface area contributed by atoms with Crippen molar-refractivity contribution >= 4 is 28.3 Å². The first kappa shape index (κ1) is 26.6. The molecule has 4 aromatic rings. The number of alkyl halides is 3. The van der Waals surface area contributed by atoms with Crippen LogP contribution in [0.4, 0.5) is 24.5 Å². The van der Waals surface area contributed by atoms with Crippen LogP contribution in [-0.4, -0.2) is 25.6 Å². The van der Waals surface area contributed by atoms with E-state index in [1.807, 2.05) is 26.8 Å². The van der Waals surface area contributed by atoms with Gasteiger partial charge in [-0.05, 0) is 63.4 Å². The Bertz CT molecular complexity index is 1590. The van der Waals surface area contributed by atoms with Crippen molar-refractivity contribution in [3.63, 3.8) is 0 Å².